The van der Waals surface area contributed by atoms with Crippen LogP contribution in [0.5, 0.6) is 11.5 Å². The first kappa shape index (κ1) is 10.7. The van der Waals surface area contributed by atoms with E-state index >= 15 is 0 Å². The second-order valence-electron chi connectivity index (χ2n) is 3.87. The van der Waals surface area contributed by atoms with Crippen molar-refractivity contribution in [3.63, 3.8) is 0 Å². The lowest BCUT2D eigenvalue weighted by Gasteiger charge is -2.21. The number of para-hydroxylation sites is 2. The van der Waals surface area contributed by atoms with Gasteiger partial charge in [0.25, 0.3) is 0 Å². The summed E-state index contributed by atoms with van der Waals surface area (Å²) in [6.45, 7) is 3.81. The second-order valence-corrected chi connectivity index (χ2v) is 3.87. The normalized spacial score (nSPS) is 14.8. The molecule has 2 aromatic rings. The first-order chi connectivity index (χ1) is 8.88. The van der Waals surface area contributed by atoms with E-state index in [0.29, 0.717) is 17.3 Å². The highest BCUT2D eigenvalue weighted by atomic mass is 16.6. The fourth-order valence-electron chi connectivity index (χ4n) is 1.85. The summed E-state index contributed by atoms with van der Waals surface area (Å²) in [6, 6.07) is 7.53. The lowest BCUT2D eigenvalue weighted by molar-refractivity contribution is 0.309. The van der Waals surface area contributed by atoms with E-state index < -0.39 is 0 Å². The molecule has 0 amide bonds. The summed E-state index contributed by atoms with van der Waals surface area (Å²) in [5.41, 5.74) is 0. The molecule has 0 saturated carbocycles. The van der Waals surface area contributed by atoms with Crippen LogP contribution in [0.2, 0.25) is 0 Å². The highest BCUT2D eigenvalue weighted by molar-refractivity contribution is 5.44. The van der Waals surface area contributed by atoms with Crippen LogP contribution in [-0.4, -0.2) is 9.97 Å². The second kappa shape index (κ2) is 4.41. The van der Waals surface area contributed by atoms with Gasteiger partial charge in [0.05, 0.1) is 5.92 Å². The summed E-state index contributed by atoms with van der Waals surface area (Å²) < 4.78 is 11.4. The molecule has 1 aliphatic rings. The van der Waals surface area contributed by atoms with Crippen molar-refractivity contribution >= 4 is 0 Å². The van der Waals surface area contributed by atoms with Gasteiger partial charge in [-0.15, -0.1) is 6.58 Å². The SMILES string of the molecule is C=CC(C1=COc2ccccc2O1)c1ncc[nH]1. The molecule has 0 saturated heterocycles. The van der Waals surface area contributed by atoms with Crippen molar-refractivity contribution in [2.24, 2.45) is 0 Å². The van der Waals surface area contributed by atoms with Crippen LogP contribution >= 0.6 is 0 Å². The van der Waals surface area contributed by atoms with Gasteiger partial charge in [-0.2, -0.15) is 0 Å². The number of H-pyrrole nitrogens is 1. The van der Waals surface area contributed by atoms with Gasteiger partial charge < -0.3 is 14.5 Å². The van der Waals surface area contributed by atoms with Gasteiger partial charge >= 0.3 is 0 Å². The Balaban J connectivity index is 1.91. The van der Waals surface area contributed by atoms with E-state index in [1.54, 1.807) is 24.7 Å². The first-order valence-electron chi connectivity index (χ1n) is 5.64. The van der Waals surface area contributed by atoms with Crippen molar-refractivity contribution in [2.45, 2.75) is 5.92 Å². The van der Waals surface area contributed by atoms with E-state index in [9.17, 15) is 0 Å². The van der Waals surface area contributed by atoms with Gasteiger partial charge in [-0.1, -0.05) is 18.2 Å². The first-order valence-corrected chi connectivity index (χ1v) is 5.64. The number of allylic oxidation sites excluding steroid dienone is 1. The van der Waals surface area contributed by atoms with E-state index in [2.05, 4.69) is 16.5 Å². The molecule has 0 aliphatic carbocycles. The molecule has 0 fully saturated rings. The summed E-state index contributed by atoms with van der Waals surface area (Å²) in [4.78, 5) is 7.27. The van der Waals surface area contributed by atoms with Crippen molar-refractivity contribution in [3.8, 4) is 11.5 Å². The third-order valence-corrected chi connectivity index (χ3v) is 2.74. The number of ether oxygens (including phenoxy) is 2. The van der Waals surface area contributed by atoms with Crippen molar-refractivity contribution in [2.75, 3.05) is 0 Å². The number of aromatic amines is 1. The summed E-state index contributed by atoms with van der Waals surface area (Å²) in [6.07, 6.45) is 6.83. The minimum absolute atomic E-state index is 0.145. The van der Waals surface area contributed by atoms with Crippen LogP contribution < -0.4 is 9.47 Å². The van der Waals surface area contributed by atoms with Crippen LogP contribution in [0, 0.1) is 0 Å². The highest BCUT2D eigenvalue weighted by Crippen LogP contribution is 2.36. The van der Waals surface area contributed by atoms with Gasteiger partial charge in [0.1, 0.15) is 12.1 Å². The monoisotopic (exact) mass is 240 g/mol. The zero-order valence-electron chi connectivity index (χ0n) is 9.67. The Kier molecular flexibility index (Phi) is 2.61. The number of nitrogens with zero attached hydrogens (tertiary/aromatic N) is 1. The molecular weight excluding hydrogens is 228 g/mol. The van der Waals surface area contributed by atoms with Gasteiger partial charge in [-0.05, 0) is 12.1 Å². The molecule has 4 heteroatoms. The number of rotatable bonds is 3. The number of benzene rings is 1. The van der Waals surface area contributed by atoms with Crippen LogP contribution in [0.3, 0.4) is 0 Å². The van der Waals surface area contributed by atoms with E-state index in [-0.39, 0.29) is 5.92 Å². The average Bonchev–Trinajstić information content (AvgIpc) is 2.93. The summed E-state index contributed by atoms with van der Waals surface area (Å²) in [5.74, 6) is 2.71. The molecule has 1 aromatic heterocycles. The predicted octanol–water partition coefficient (Wildman–Crippen LogP) is 2.99. The van der Waals surface area contributed by atoms with Gasteiger partial charge in [0, 0.05) is 12.4 Å². The molecule has 2 heterocycles. The van der Waals surface area contributed by atoms with E-state index in [1.807, 2.05) is 24.3 Å². The Morgan fingerprint density at radius 2 is 2.11 bits per heavy atom. The van der Waals surface area contributed by atoms with Crippen molar-refractivity contribution < 1.29 is 9.47 Å². The Morgan fingerprint density at radius 1 is 1.28 bits per heavy atom. The topological polar surface area (TPSA) is 47.1 Å². The van der Waals surface area contributed by atoms with Crippen molar-refractivity contribution in [3.05, 3.63) is 67.2 Å². The van der Waals surface area contributed by atoms with Gasteiger partial charge in [0.2, 0.25) is 0 Å². The average molecular weight is 240 g/mol. The third kappa shape index (κ3) is 1.78. The fourth-order valence-corrected chi connectivity index (χ4v) is 1.85. The zero-order chi connectivity index (χ0) is 12.4. The van der Waals surface area contributed by atoms with E-state index in [1.165, 1.54) is 0 Å². The van der Waals surface area contributed by atoms with Crippen LogP contribution in [0.25, 0.3) is 0 Å². The number of nitrogens with one attached hydrogen (secondary N) is 1. The number of hydrogen-bond acceptors (Lipinski definition) is 3. The molecule has 90 valence electrons. The zero-order valence-corrected chi connectivity index (χ0v) is 9.67. The molecule has 3 rings (SSSR count). The summed E-state index contributed by atoms with van der Waals surface area (Å²) >= 11 is 0. The Morgan fingerprint density at radius 3 is 2.83 bits per heavy atom. The number of aromatic nitrogens is 2. The number of imidazole rings is 1. The van der Waals surface area contributed by atoms with Gasteiger partial charge in [-0.25, -0.2) is 4.98 Å². The van der Waals surface area contributed by atoms with E-state index in [0.717, 1.165) is 5.82 Å². The summed E-state index contributed by atoms with van der Waals surface area (Å²) in [7, 11) is 0. The van der Waals surface area contributed by atoms with Crippen LogP contribution in [0.1, 0.15) is 11.7 Å². The smallest absolute Gasteiger partial charge is 0.169 e. The standard InChI is InChI=1S/C14H12N2O2/c1-2-10(14-15-7-8-16-14)13-9-17-11-5-3-4-6-12(11)18-13/h2-10H,1H2,(H,15,16). The number of fused-ring (bicyclic) bond motifs is 1. The molecule has 18 heavy (non-hydrogen) atoms. The van der Waals surface area contributed by atoms with Crippen molar-refractivity contribution in [1.82, 2.24) is 9.97 Å². The minimum atomic E-state index is -0.145. The Labute approximate surface area is 105 Å². The molecule has 1 aliphatic heterocycles. The number of hydrogen-bond donors (Lipinski definition) is 1. The Bertz CT molecular complexity index is 588. The van der Waals surface area contributed by atoms with E-state index in [4.69, 9.17) is 9.47 Å². The van der Waals surface area contributed by atoms with Gasteiger partial charge in [-0.3, -0.25) is 0 Å². The lowest BCUT2D eigenvalue weighted by atomic mass is 10.1. The van der Waals surface area contributed by atoms with Crippen LogP contribution in [0.15, 0.2) is 61.3 Å². The van der Waals surface area contributed by atoms with Crippen molar-refractivity contribution in [1.29, 1.82) is 0 Å². The molecular formula is C14H12N2O2. The lowest BCUT2D eigenvalue weighted by Crippen LogP contribution is -2.12. The van der Waals surface area contributed by atoms with Crippen LogP contribution in [-0.2, 0) is 0 Å². The fraction of sp³-hybridized carbons (Fsp3) is 0.0714. The summed E-state index contributed by atoms with van der Waals surface area (Å²) in [5, 5.41) is 0. The maximum atomic E-state index is 5.81. The maximum absolute atomic E-state index is 5.81. The van der Waals surface area contributed by atoms with Crippen LogP contribution in [0.4, 0.5) is 0 Å². The molecule has 0 spiro atoms. The molecule has 1 unspecified atom stereocenters. The highest BCUT2D eigenvalue weighted by Gasteiger charge is 2.22. The quantitative estimate of drug-likeness (QED) is 0.839. The largest absolute Gasteiger partial charge is 0.458 e. The molecule has 0 bridgehead atoms. The molecule has 1 atom stereocenters. The third-order valence-electron chi connectivity index (χ3n) is 2.74. The molecule has 1 N–H and O–H groups in total. The maximum Gasteiger partial charge on any atom is 0.169 e. The predicted molar refractivity (Wildman–Crippen MR) is 67.3 cm³/mol. The minimum Gasteiger partial charge on any atom is -0.458 e. The molecule has 1 aromatic carbocycles. The Hall–Kier alpha value is -2.49. The molecule has 4 nitrogen and oxygen atoms in total. The van der Waals surface area contributed by atoms with Gasteiger partial charge in [0.15, 0.2) is 17.3 Å². The molecule has 0 radical (unpaired) electrons.